The third-order valence-corrected chi connectivity index (χ3v) is 3.65. The molecular formula is C11H20. The van der Waals surface area contributed by atoms with E-state index in [1.54, 1.807) is 0 Å². The Morgan fingerprint density at radius 1 is 1.36 bits per heavy atom. The van der Waals surface area contributed by atoms with Gasteiger partial charge in [-0.25, -0.2) is 0 Å². The molecule has 0 nitrogen and oxygen atoms in total. The zero-order chi connectivity index (χ0) is 8.65. The molecular weight excluding hydrogens is 132 g/mol. The largest absolute Gasteiger partial charge is 0.0998 e. The highest BCUT2D eigenvalue weighted by Crippen LogP contribution is 2.49. The van der Waals surface area contributed by atoms with Crippen molar-refractivity contribution in [1.82, 2.24) is 0 Å². The molecule has 0 amide bonds. The maximum Gasteiger partial charge on any atom is -0.0155 e. The number of allylic oxidation sites excluding steroid dienone is 1. The molecule has 1 saturated carbocycles. The van der Waals surface area contributed by atoms with Crippen LogP contribution in [0.4, 0.5) is 0 Å². The van der Waals surface area contributed by atoms with Crippen molar-refractivity contribution < 1.29 is 0 Å². The second-order valence-corrected chi connectivity index (χ2v) is 4.70. The van der Waals surface area contributed by atoms with Crippen LogP contribution in [0.5, 0.6) is 0 Å². The van der Waals surface area contributed by atoms with Crippen LogP contribution in [-0.2, 0) is 0 Å². The van der Waals surface area contributed by atoms with Crippen LogP contribution < -0.4 is 0 Å². The van der Waals surface area contributed by atoms with Crippen molar-refractivity contribution in [3.63, 3.8) is 0 Å². The molecule has 1 aliphatic rings. The van der Waals surface area contributed by atoms with E-state index in [0.717, 1.165) is 11.8 Å². The first-order chi connectivity index (χ1) is 4.96. The van der Waals surface area contributed by atoms with Gasteiger partial charge in [0, 0.05) is 0 Å². The standard InChI is InChI=1S/C11H20/c1-8(2)10-7-6-9(3)11(10,4)5/h9-10H,1,6-7H2,2-5H3. The molecule has 0 spiro atoms. The molecule has 2 unspecified atom stereocenters. The van der Waals surface area contributed by atoms with Gasteiger partial charge in [-0.2, -0.15) is 0 Å². The molecule has 0 N–H and O–H groups in total. The SMILES string of the molecule is C=C(C)C1CCC(C)C1(C)C. The lowest BCUT2D eigenvalue weighted by atomic mass is 9.74. The predicted molar refractivity (Wildman–Crippen MR) is 50.5 cm³/mol. The molecule has 1 fully saturated rings. The van der Waals surface area contributed by atoms with E-state index in [4.69, 9.17) is 0 Å². The van der Waals surface area contributed by atoms with Gasteiger partial charge in [-0.15, -0.1) is 0 Å². The van der Waals surface area contributed by atoms with Gasteiger partial charge in [-0.1, -0.05) is 32.9 Å². The minimum absolute atomic E-state index is 0.492. The van der Waals surface area contributed by atoms with Crippen LogP contribution in [0.3, 0.4) is 0 Å². The van der Waals surface area contributed by atoms with Crippen LogP contribution in [0.25, 0.3) is 0 Å². The van der Waals surface area contributed by atoms with Crippen molar-refractivity contribution in [2.75, 3.05) is 0 Å². The zero-order valence-corrected chi connectivity index (χ0v) is 8.28. The van der Waals surface area contributed by atoms with Crippen molar-refractivity contribution in [3.05, 3.63) is 12.2 Å². The summed E-state index contributed by atoms with van der Waals surface area (Å²) in [6.07, 6.45) is 2.73. The Morgan fingerprint density at radius 2 is 1.91 bits per heavy atom. The zero-order valence-electron chi connectivity index (χ0n) is 8.28. The minimum Gasteiger partial charge on any atom is -0.0998 e. The van der Waals surface area contributed by atoms with Gasteiger partial charge in [-0.05, 0) is 37.0 Å². The lowest BCUT2D eigenvalue weighted by molar-refractivity contribution is 0.224. The third-order valence-electron chi connectivity index (χ3n) is 3.65. The highest BCUT2D eigenvalue weighted by atomic mass is 14.4. The van der Waals surface area contributed by atoms with Crippen LogP contribution in [-0.4, -0.2) is 0 Å². The molecule has 0 aliphatic heterocycles. The summed E-state index contributed by atoms with van der Waals surface area (Å²) in [5, 5.41) is 0. The number of rotatable bonds is 1. The molecule has 1 aliphatic carbocycles. The Kier molecular flexibility index (Phi) is 2.13. The van der Waals surface area contributed by atoms with Gasteiger partial charge in [0.15, 0.2) is 0 Å². The summed E-state index contributed by atoms with van der Waals surface area (Å²) in [7, 11) is 0. The Bertz CT molecular complexity index is 165. The minimum atomic E-state index is 0.492. The molecule has 64 valence electrons. The summed E-state index contributed by atoms with van der Waals surface area (Å²) < 4.78 is 0. The third kappa shape index (κ3) is 1.36. The summed E-state index contributed by atoms with van der Waals surface area (Å²) >= 11 is 0. The lowest BCUT2D eigenvalue weighted by Gasteiger charge is -2.31. The molecule has 11 heavy (non-hydrogen) atoms. The van der Waals surface area contributed by atoms with E-state index in [9.17, 15) is 0 Å². The van der Waals surface area contributed by atoms with E-state index in [2.05, 4.69) is 34.3 Å². The van der Waals surface area contributed by atoms with Crippen molar-refractivity contribution in [1.29, 1.82) is 0 Å². The van der Waals surface area contributed by atoms with Gasteiger partial charge < -0.3 is 0 Å². The highest BCUT2D eigenvalue weighted by molar-refractivity contribution is 5.07. The quantitative estimate of drug-likeness (QED) is 0.503. The highest BCUT2D eigenvalue weighted by Gasteiger charge is 2.40. The van der Waals surface area contributed by atoms with Crippen LogP contribution in [0.15, 0.2) is 12.2 Å². The van der Waals surface area contributed by atoms with Crippen LogP contribution >= 0.6 is 0 Å². The summed E-state index contributed by atoms with van der Waals surface area (Å²) in [5.74, 6) is 1.63. The molecule has 0 heterocycles. The smallest absolute Gasteiger partial charge is 0.0155 e. The topological polar surface area (TPSA) is 0 Å². The lowest BCUT2D eigenvalue weighted by Crippen LogP contribution is -2.23. The van der Waals surface area contributed by atoms with Crippen molar-refractivity contribution in [2.24, 2.45) is 17.3 Å². The van der Waals surface area contributed by atoms with Gasteiger partial charge in [0.05, 0.1) is 0 Å². The summed E-state index contributed by atoms with van der Waals surface area (Å²) in [6.45, 7) is 13.4. The normalized spacial score (nSPS) is 35.6. The first-order valence-electron chi connectivity index (χ1n) is 4.61. The maximum atomic E-state index is 4.07. The van der Waals surface area contributed by atoms with Crippen LogP contribution in [0.2, 0.25) is 0 Å². The molecule has 0 saturated heterocycles. The van der Waals surface area contributed by atoms with E-state index < -0.39 is 0 Å². The molecule has 0 bridgehead atoms. The number of hydrogen-bond donors (Lipinski definition) is 0. The molecule has 1 rings (SSSR count). The fourth-order valence-electron chi connectivity index (χ4n) is 2.39. The fourth-order valence-corrected chi connectivity index (χ4v) is 2.39. The van der Waals surface area contributed by atoms with E-state index in [1.165, 1.54) is 18.4 Å². The Balaban J connectivity index is 2.78. The summed E-state index contributed by atoms with van der Waals surface area (Å²) in [6, 6.07) is 0. The van der Waals surface area contributed by atoms with Gasteiger partial charge in [0.1, 0.15) is 0 Å². The second-order valence-electron chi connectivity index (χ2n) is 4.70. The Labute approximate surface area is 70.7 Å². The van der Waals surface area contributed by atoms with Crippen LogP contribution in [0, 0.1) is 17.3 Å². The summed E-state index contributed by atoms with van der Waals surface area (Å²) in [5.41, 5.74) is 1.87. The van der Waals surface area contributed by atoms with Gasteiger partial charge in [0.25, 0.3) is 0 Å². The van der Waals surface area contributed by atoms with Gasteiger partial charge >= 0.3 is 0 Å². The monoisotopic (exact) mass is 152 g/mol. The maximum absolute atomic E-state index is 4.07. The molecule has 0 aromatic rings. The van der Waals surface area contributed by atoms with Gasteiger partial charge in [0.2, 0.25) is 0 Å². The predicted octanol–water partition coefficient (Wildman–Crippen LogP) is 3.63. The molecule has 0 aromatic heterocycles. The van der Waals surface area contributed by atoms with Gasteiger partial charge in [-0.3, -0.25) is 0 Å². The summed E-state index contributed by atoms with van der Waals surface area (Å²) in [4.78, 5) is 0. The van der Waals surface area contributed by atoms with E-state index >= 15 is 0 Å². The Hall–Kier alpha value is -0.260. The van der Waals surface area contributed by atoms with Crippen molar-refractivity contribution in [2.45, 2.75) is 40.5 Å². The molecule has 0 radical (unpaired) electrons. The average molecular weight is 152 g/mol. The molecule has 2 atom stereocenters. The van der Waals surface area contributed by atoms with E-state index in [1.807, 2.05) is 0 Å². The first kappa shape index (κ1) is 8.83. The van der Waals surface area contributed by atoms with Crippen LogP contribution in [0.1, 0.15) is 40.5 Å². The molecule has 0 heteroatoms. The van der Waals surface area contributed by atoms with E-state index in [0.29, 0.717) is 5.41 Å². The Morgan fingerprint density at radius 3 is 2.09 bits per heavy atom. The number of hydrogen-bond acceptors (Lipinski definition) is 0. The second kappa shape index (κ2) is 2.66. The van der Waals surface area contributed by atoms with E-state index in [-0.39, 0.29) is 0 Å². The fraction of sp³-hybridized carbons (Fsp3) is 0.818. The average Bonchev–Trinajstić information content (AvgIpc) is 2.08. The van der Waals surface area contributed by atoms with Crippen molar-refractivity contribution >= 4 is 0 Å². The molecule has 0 aromatic carbocycles. The first-order valence-corrected chi connectivity index (χ1v) is 4.61. The van der Waals surface area contributed by atoms with Crippen molar-refractivity contribution in [3.8, 4) is 0 Å².